The SMILES string of the molecule is NC(=O)C1Cn2c(cc3ccccc32)C(=O)N1. The predicted octanol–water partition coefficient (Wildman–Crippen LogP) is 0.239. The normalized spacial score (nSPS) is 18.8. The standard InChI is InChI=1S/C12H11N3O2/c13-11(16)8-6-15-9-4-2-1-3-7(9)5-10(15)12(17)14-8/h1-5,8H,6H2,(H2,13,16)(H,14,17). The Labute approximate surface area is 97.2 Å². The zero-order valence-corrected chi connectivity index (χ0v) is 9.01. The van der Waals surface area contributed by atoms with Crippen LogP contribution in [0.3, 0.4) is 0 Å². The zero-order chi connectivity index (χ0) is 12.0. The van der Waals surface area contributed by atoms with Crippen molar-refractivity contribution in [3.05, 3.63) is 36.0 Å². The van der Waals surface area contributed by atoms with E-state index in [0.717, 1.165) is 10.9 Å². The van der Waals surface area contributed by atoms with E-state index < -0.39 is 11.9 Å². The minimum absolute atomic E-state index is 0.253. The molecule has 0 fully saturated rings. The number of para-hydroxylation sites is 1. The van der Waals surface area contributed by atoms with E-state index in [1.54, 1.807) is 0 Å². The lowest BCUT2D eigenvalue weighted by Crippen LogP contribution is -2.51. The number of hydrogen-bond donors (Lipinski definition) is 2. The second-order valence-electron chi connectivity index (χ2n) is 4.13. The van der Waals surface area contributed by atoms with Crippen molar-refractivity contribution in [2.24, 2.45) is 5.73 Å². The van der Waals surface area contributed by atoms with Crippen molar-refractivity contribution in [2.45, 2.75) is 12.6 Å². The molecule has 1 aliphatic heterocycles. The van der Waals surface area contributed by atoms with Crippen LogP contribution in [0.25, 0.3) is 10.9 Å². The second kappa shape index (κ2) is 3.35. The Balaban J connectivity index is 2.20. The first-order valence-corrected chi connectivity index (χ1v) is 5.35. The Morgan fingerprint density at radius 1 is 1.41 bits per heavy atom. The quantitative estimate of drug-likeness (QED) is 0.734. The van der Waals surface area contributed by atoms with Crippen LogP contribution in [0.2, 0.25) is 0 Å². The van der Waals surface area contributed by atoms with E-state index in [2.05, 4.69) is 5.32 Å². The fourth-order valence-corrected chi connectivity index (χ4v) is 2.22. The average Bonchev–Trinajstić information content (AvgIpc) is 2.68. The summed E-state index contributed by atoms with van der Waals surface area (Å²) in [5.41, 5.74) is 6.75. The summed E-state index contributed by atoms with van der Waals surface area (Å²) >= 11 is 0. The molecule has 1 atom stereocenters. The van der Waals surface area contributed by atoms with Gasteiger partial charge < -0.3 is 15.6 Å². The number of nitrogens with zero attached hydrogens (tertiary/aromatic N) is 1. The van der Waals surface area contributed by atoms with Gasteiger partial charge in [0.05, 0.1) is 6.54 Å². The summed E-state index contributed by atoms with van der Waals surface area (Å²) in [5, 5.41) is 3.59. The third-order valence-electron chi connectivity index (χ3n) is 3.06. The monoisotopic (exact) mass is 229 g/mol. The number of carbonyl (C=O) groups excluding carboxylic acids is 2. The number of nitrogens with two attached hydrogens (primary N) is 1. The molecule has 0 spiro atoms. The van der Waals surface area contributed by atoms with Crippen LogP contribution in [-0.4, -0.2) is 22.4 Å². The van der Waals surface area contributed by atoms with Crippen LogP contribution in [0.4, 0.5) is 0 Å². The Morgan fingerprint density at radius 3 is 2.94 bits per heavy atom. The van der Waals surface area contributed by atoms with Crippen molar-refractivity contribution in [2.75, 3.05) is 0 Å². The fourth-order valence-electron chi connectivity index (χ4n) is 2.22. The molecule has 2 aromatic rings. The van der Waals surface area contributed by atoms with E-state index in [0.29, 0.717) is 12.2 Å². The molecule has 5 heteroatoms. The highest BCUT2D eigenvalue weighted by atomic mass is 16.2. The van der Waals surface area contributed by atoms with Crippen molar-refractivity contribution in [3.8, 4) is 0 Å². The molecule has 1 unspecified atom stereocenters. The Morgan fingerprint density at radius 2 is 2.18 bits per heavy atom. The maximum Gasteiger partial charge on any atom is 0.268 e. The number of aromatic nitrogens is 1. The molecule has 0 bridgehead atoms. The molecule has 86 valence electrons. The second-order valence-corrected chi connectivity index (χ2v) is 4.13. The van der Waals surface area contributed by atoms with E-state index in [9.17, 15) is 9.59 Å². The van der Waals surface area contributed by atoms with Crippen LogP contribution in [0.5, 0.6) is 0 Å². The minimum Gasteiger partial charge on any atom is -0.368 e. The molecule has 1 aliphatic rings. The summed E-state index contributed by atoms with van der Waals surface area (Å²) in [5.74, 6) is -0.766. The molecule has 2 amide bonds. The smallest absolute Gasteiger partial charge is 0.268 e. The van der Waals surface area contributed by atoms with Crippen LogP contribution in [0.1, 0.15) is 10.5 Å². The van der Waals surface area contributed by atoms with Gasteiger partial charge >= 0.3 is 0 Å². The molecule has 5 nitrogen and oxygen atoms in total. The van der Waals surface area contributed by atoms with E-state index in [1.165, 1.54) is 0 Å². The molecule has 1 aromatic carbocycles. The molecular formula is C12H11N3O2. The van der Waals surface area contributed by atoms with Crippen LogP contribution in [0, 0.1) is 0 Å². The van der Waals surface area contributed by atoms with Gasteiger partial charge in [0.2, 0.25) is 5.91 Å². The van der Waals surface area contributed by atoms with Gasteiger partial charge in [-0.3, -0.25) is 9.59 Å². The number of amides is 2. The maximum absolute atomic E-state index is 11.8. The van der Waals surface area contributed by atoms with Crippen molar-refractivity contribution in [1.29, 1.82) is 0 Å². The van der Waals surface area contributed by atoms with Gasteiger partial charge in [0.15, 0.2) is 0 Å². The molecule has 0 radical (unpaired) electrons. The lowest BCUT2D eigenvalue weighted by Gasteiger charge is -2.23. The summed E-state index contributed by atoms with van der Waals surface area (Å²) in [4.78, 5) is 23.0. The van der Waals surface area contributed by atoms with Crippen molar-refractivity contribution < 1.29 is 9.59 Å². The van der Waals surface area contributed by atoms with E-state index in [4.69, 9.17) is 5.73 Å². The van der Waals surface area contributed by atoms with E-state index >= 15 is 0 Å². The third-order valence-corrected chi connectivity index (χ3v) is 3.06. The van der Waals surface area contributed by atoms with E-state index in [-0.39, 0.29) is 5.91 Å². The largest absolute Gasteiger partial charge is 0.368 e. The molecule has 3 N–H and O–H groups in total. The molecular weight excluding hydrogens is 218 g/mol. The number of carbonyl (C=O) groups is 2. The zero-order valence-electron chi connectivity index (χ0n) is 9.01. The first-order valence-electron chi connectivity index (χ1n) is 5.35. The topological polar surface area (TPSA) is 77.1 Å². The first-order chi connectivity index (χ1) is 8.16. The number of hydrogen-bond acceptors (Lipinski definition) is 2. The van der Waals surface area contributed by atoms with Crippen molar-refractivity contribution in [3.63, 3.8) is 0 Å². The first kappa shape index (κ1) is 9.89. The van der Waals surface area contributed by atoms with Gasteiger partial charge in [-0.1, -0.05) is 18.2 Å². The number of fused-ring (bicyclic) bond motifs is 3. The number of benzene rings is 1. The highest BCUT2D eigenvalue weighted by Gasteiger charge is 2.28. The summed E-state index contributed by atoms with van der Waals surface area (Å²) < 4.78 is 1.84. The van der Waals surface area contributed by atoms with Gasteiger partial charge in [-0.25, -0.2) is 0 Å². The third kappa shape index (κ3) is 1.39. The van der Waals surface area contributed by atoms with Gasteiger partial charge in [-0.05, 0) is 12.1 Å². The lowest BCUT2D eigenvalue weighted by atomic mass is 10.2. The van der Waals surface area contributed by atoms with Gasteiger partial charge in [0, 0.05) is 10.9 Å². The summed E-state index contributed by atoms with van der Waals surface area (Å²) in [6, 6.07) is 8.87. The van der Waals surface area contributed by atoms with Gasteiger partial charge in [-0.15, -0.1) is 0 Å². The van der Waals surface area contributed by atoms with Gasteiger partial charge in [0.1, 0.15) is 11.7 Å². The predicted molar refractivity (Wildman–Crippen MR) is 62.4 cm³/mol. The molecule has 1 aromatic heterocycles. The van der Waals surface area contributed by atoms with Crippen LogP contribution >= 0.6 is 0 Å². The fraction of sp³-hybridized carbons (Fsp3) is 0.167. The molecule has 2 heterocycles. The maximum atomic E-state index is 11.8. The molecule has 0 saturated heterocycles. The Kier molecular flexibility index (Phi) is 1.95. The lowest BCUT2D eigenvalue weighted by molar-refractivity contribution is -0.120. The Hall–Kier alpha value is -2.30. The highest BCUT2D eigenvalue weighted by molar-refractivity contribution is 6.02. The van der Waals surface area contributed by atoms with Gasteiger partial charge in [0.25, 0.3) is 5.91 Å². The van der Waals surface area contributed by atoms with Crippen LogP contribution in [-0.2, 0) is 11.3 Å². The number of rotatable bonds is 1. The molecule has 0 saturated carbocycles. The Bertz CT molecular complexity index is 630. The average molecular weight is 229 g/mol. The van der Waals surface area contributed by atoms with E-state index in [1.807, 2.05) is 34.9 Å². The highest BCUT2D eigenvalue weighted by Crippen LogP contribution is 2.22. The molecule has 17 heavy (non-hydrogen) atoms. The summed E-state index contributed by atoms with van der Waals surface area (Å²) in [6.45, 7) is 0.393. The molecule has 3 rings (SSSR count). The van der Waals surface area contributed by atoms with Crippen LogP contribution in [0.15, 0.2) is 30.3 Å². The van der Waals surface area contributed by atoms with Crippen LogP contribution < -0.4 is 11.1 Å². The molecule has 0 aliphatic carbocycles. The minimum atomic E-state index is -0.634. The number of primary amides is 1. The summed E-state index contributed by atoms with van der Waals surface area (Å²) in [7, 11) is 0. The van der Waals surface area contributed by atoms with Crippen molar-refractivity contribution in [1.82, 2.24) is 9.88 Å². The summed E-state index contributed by atoms with van der Waals surface area (Å²) in [6.07, 6.45) is 0. The van der Waals surface area contributed by atoms with Crippen molar-refractivity contribution >= 4 is 22.7 Å². The van der Waals surface area contributed by atoms with Gasteiger partial charge in [-0.2, -0.15) is 0 Å². The number of nitrogens with one attached hydrogen (secondary N) is 1.